The van der Waals surface area contributed by atoms with Gasteiger partial charge in [-0.3, -0.25) is 4.79 Å². The van der Waals surface area contributed by atoms with Crippen molar-refractivity contribution in [1.29, 1.82) is 0 Å². The van der Waals surface area contributed by atoms with Gasteiger partial charge in [0.15, 0.2) is 0 Å². The number of hydrogen-bond donors (Lipinski definition) is 1. The summed E-state index contributed by atoms with van der Waals surface area (Å²) in [6.45, 7) is 3.70. The fourth-order valence-corrected chi connectivity index (χ4v) is 3.78. The Morgan fingerprint density at radius 2 is 2.30 bits per heavy atom. The molecule has 0 radical (unpaired) electrons. The minimum atomic E-state index is -0.317. The van der Waals surface area contributed by atoms with Gasteiger partial charge >= 0.3 is 0 Å². The molecule has 1 atom stereocenters. The summed E-state index contributed by atoms with van der Waals surface area (Å²) in [6.07, 6.45) is 0. The summed E-state index contributed by atoms with van der Waals surface area (Å²) in [5.41, 5.74) is 1.45. The van der Waals surface area contributed by atoms with E-state index in [1.807, 2.05) is 31.4 Å². The molecule has 27 heavy (non-hydrogen) atoms. The molecule has 0 aliphatic rings. The van der Waals surface area contributed by atoms with Crippen molar-refractivity contribution >= 4 is 46.3 Å². The molecular weight excluding hydrogens is 406 g/mol. The Morgan fingerprint density at radius 1 is 1.48 bits per heavy atom. The Hall–Kier alpha value is -2.03. The predicted molar refractivity (Wildman–Crippen MR) is 110 cm³/mol. The zero-order valence-electron chi connectivity index (χ0n) is 15.0. The van der Waals surface area contributed by atoms with E-state index < -0.39 is 0 Å². The van der Waals surface area contributed by atoms with Crippen LogP contribution in [-0.2, 0) is 10.5 Å². The van der Waals surface area contributed by atoms with Crippen LogP contribution in [0, 0.1) is 6.92 Å². The third kappa shape index (κ3) is 4.82. The highest BCUT2D eigenvalue weighted by Crippen LogP contribution is 2.31. The van der Waals surface area contributed by atoms with Crippen LogP contribution in [-0.4, -0.2) is 28.4 Å². The molecule has 1 N–H and O–H groups in total. The Morgan fingerprint density at radius 3 is 3.00 bits per heavy atom. The lowest BCUT2D eigenvalue weighted by Gasteiger charge is -2.15. The number of thiophene rings is 1. The van der Waals surface area contributed by atoms with Gasteiger partial charge in [-0.25, -0.2) is 0 Å². The van der Waals surface area contributed by atoms with Gasteiger partial charge in [-0.05, 0) is 36.9 Å². The molecule has 0 aliphatic heterocycles. The van der Waals surface area contributed by atoms with Crippen LogP contribution in [0.15, 0.2) is 34.2 Å². The van der Waals surface area contributed by atoms with Crippen molar-refractivity contribution in [3.63, 3.8) is 0 Å². The van der Waals surface area contributed by atoms with Crippen molar-refractivity contribution < 1.29 is 14.1 Å². The summed E-state index contributed by atoms with van der Waals surface area (Å²) in [4.78, 5) is 17.8. The first-order valence-electron chi connectivity index (χ1n) is 8.11. The van der Waals surface area contributed by atoms with E-state index in [2.05, 4.69) is 15.5 Å². The molecule has 6 nitrogen and oxygen atoms in total. The highest BCUT2D eigenvalue weighted by molar-refractivity contribution is 7.99. The average molecular weight is 424 g/mol. The first-order chi connectivity index (χ1) is 13.0. The molecule has 3 rings (SSSR count). The van der Waals surface area contributed by atoms with Crippen molar-refractivity contribution in [2.45, 2.75) is 24.9 Å². The molecular formula is C18H18ClN3O3S2. The number of thioether (sulfide) groups is 1. The van der Waals surface area contributed by atoms with Crippen molar-refractivity contribution in [1.82, 2.24) is 10.1 Å². The van der Waals surface area contributed by atoms with Gasteiger partial charge < -0.3 is 14.6 Å². The normalized spacial score (nSPS) is 12.0. The Labute approximate surface area is 170 Å². The first kappa shape index (κ1) is 19.7. The molecule has 0 aliphatic carbocycles. The molecule has 2 heterocycles. The second-order valence-electron chi connectivity index (χ2n) is 5.73. The summed E-state index contributed by atoms with van der Waals surface area (Å²) >= 11 is 9.07. The molecule has 1 unspecified atom stereocenters. The van der Waals surface area contributed by atoms with Gasteiger partial charge in [0.25, 0.3) is 0 Å². The lowest BCUT2D eigenvalue weighted by Crippen LogP contribution is -2.23. The van der Waals surface area contributed by atoms with E-state index >= 15 is 0 Å². The number of aryl methyl sites for hydroxylation is 1. The number of benzene rings is 1. The maximum Gasteiger partial charge on any atom is 0.237 e. The molecule has 1 aromatic carbocycles. The van der Waals surface area contributed by atoms with Crippen molar-refractivity contribution in [2.75, 3.05) is 12.4 Å². The number of nitrogens with one attached hydrogen (secondary N) is 1. The van der Waals surface area contributed by atoms with E-state index in [-0.39, 0.29) is 11.2 Å². The molecule has 1 amide bonds. The second kappa shape index (κ2) is 8.77. The maximum absolute atomic E-state index is 12.5. The number of carbonyl (C=O) groups is 1. The quantitative estimate of drug-likeness (QED) is 0.574. The molecule has 0 saturated carbocycles. The van der Waals surface area contributed by atoms with Crippen LogP contribution in [0.1, 0.15) is 18.4 Å². The number of methoxy groups -OCH3 is 1. The number of hydrogen-bond acceptors (Lipinski definition) is 7. The Balaban J connectivity index is 1.59. The van der Waals surface area contributed by atoms with Gasteiger partial charge in [-0.1, -0.05) is 22.8 Å². The van der Waals surface area contributed by atoms with Gasteiger partial charge in [-0.2, -0.15) is 4.98 Å². The summed E-state index contributed by atoms with van der Waals surface area (Å²) in [5.74, 6) is 1.89. The smallest absolute Gasteiger partial charge is 0.237 e. The summed E-state index contributed by atoms with van der Waals surface area (Å²) in [6, 6.07) is 7.35. The Kier molecular flexibility index (Phi) is 6.41. The van der Waals surface area contributed by atoms with E-state index in [0.717, 1.165) is 10.4 Å². The zero-order valence-corrected chi connectivity index (χ0v) is 17.4. The van der Waals surface area contributed by atoms with Crippen LogP contribution in [0.4, 0.5) is 5.69 Å². The van der Waals surface area contributed by atoms with Gasteiger partial charge in [0.05, 0.1) is 28.7 Å². The van der Waals surface area contributed by atoms with Crippen LogP contribution in [0.2, 0.25) is 5.02 Å². The third-order valence-electron chi connectivity index (χ3n) is 3.77. The maximum atomic E-state index is 12.5. The van der Waals surface area contributed by atoms with Crippen LogP contribution < -0.4 is 10.1 Å². The van der Waals surface area contributed by atoms with Gasteiger partial charge in [0.1, 0.15) is 5.75 Å². The number of anilines is 1. The van der Waals surface area contributed by atoms with Gasteiger partial charge in [0.2, 0.25) is 17.6 Å². The SMILES string of the molecule is COc1cc(Cl)c(C)cc1NC(=O)C(C)SCc1nc(-c2cccs2)no1. The third-order valence-corrected chi connectivity index (χ3v) is 6.18. The topological polar surface area (TPSA) is 77.2 Å². The standard InChI is InChI=1S/C18H18ClN3O3S2/c1-10-7-13(14(24-3)8-12(10)19)20-18(23)11(2)27-9-16-21-17(22-25-16)15-5-4-6-26-15/h4-8,11H,9H2,1-3H3,(H,20,23). The van der Waals surface area contributed by atoms with E-state index in [4.69, 9.17) is 20.9 Å². The molecule has 0 fully saturated rings. The molecule has 2 aromatic heterocycles. The fourth-order valence-electron chi connectivity index (χ4n) is 2.26. The van der Waals surface area contributed by atoms with E-state index in [1.54, 1.807) is 23.5 Å². The molecule has 142 valence electrons. The number of nitrogens with zero attached hydrogens (tertiary/aromatic N) is 2. The lowest BCUT2D eigenvalue weighted by molar-refractivity contribution is -0.115. The average Bonchev–Trinajstić information content (AvgIpc) is 3.33. The molecule has 3 aromatic rings. The predicted octanol–water partition coefficient (Wildman–Crippen LogP) is 5.03. The molecule has 0 spiro atoms. The second-order valence-corrected chi connectivity index (χ2v) is 8.42. The van der Waals surface area contributed by atoms with Crippen molar-refractivity contribution in [3.05, 3.63) is 46.1 Å². The fraction of sp³-hybridized carbons (Fsp3) is 0.278. The van der Waals surface area contributed by atoms with E-state index in [0.29, 0.717) is 33.9 Å². The monoisotopic (exact) mass is 423 g/mol. The largest absolute Gasteiger partial charge is 0.495 e. The van der Waals surface area contributed by atoms with E-state index in [9.17, 15) is 4.79 Å². The minimum absolute atomic E-state index is 0.141. The Bertz CT molecular complexity index is 928. The molecule has 0 bridgehead atoms. The number of ether oxygens (including phenoxy) is 1. The number of rotatable bonds is 7. The molecule has 9 heteroatoms. The minimum Gasteiger partial charge on any atom is -0.495 e. The number of carbonyl (C=O) groups excluding carboxylic acids is 1. The highest BCUT2D eigenvalue weighted by atomic mass is 35.5. The number of aromatic nitrogens is 2. The number of halogens is 1. The summed E-state index contributed by atoms with van der Waals surface area (Å²) < 4.78 is 10.6. The number of amides is 1. The molecule has 0 saturated heterocycles. The van der Waals surface area contributed by atoms with Crippen LogP contribution in [0.5, 0.6) is 5.75 Å². The van der Waals surface area contributed by atoms with Crippen LogP contribution >= 0.6 is 34.7 Å². The lowest BCUT2D eigenvalue weighted by atomic mass is 10.2. The van der Waals surface area contributed by atoms with E-state index in [1.165, 1.54) is 18.9 Å². The highest BCUT2D eigenvalue weighted by Gasteiger charge is 2.18. The summed E-state index contributed by atoms with van der Waals surface area (Å²) in [5, 5.41) is 9.08. The first-order valence-corrected chi connectivity index (χ1v) is 10.4. The van der Waals surface area contributed by atoms with Crippen molar-refractivity contribution in [2.24, 2.45) is 0 Å². The zero-order chi connectivity index (χ0) is 19.4. The summed E-state index contributed by atoms with van der Waals surface area (Å²) in [7, 11) is 1.54. The van der Waals surface area contributed by atoms with Crippen LogP contribution in [0.3, 0.4) is 0 Å². The van der Waals surface area contributed by atoms with Gasteiger partial charge in [0, 0.05) is 11.1 Å². The van der Waals surface area contributed by atoms with Crippen molar-refractivity contribution in [3.8, 4) is 16.5 Å². The van der Waals surface area contributed by atoms with Gasteiger partial charge in [-0.15, -0.1) is 23.1 Å². The van der Waals surface area contributed by atoms with Crippen LogP contribution in [0.25, 0.3) is 10.7 Å².